The highest BCUT2D eigenvalue weighted by Crippen LogP contribution is 2.32. The van der Waals surface area contributed by atoms with E-state index in [9.17, 15) is 9.18 Å². The molecule has 3 aromatic rings. The summed E-state index contributed by atoms with van der Waals surface area (Å²) in [6.45, 7) is 3.98. The van der Waals surface area contributed by atoms with Gasteiger partial charge in [0.05, 0.1) is 34.6 Å². The molecular formula is C24H23ClFN5O2. The number of fused-ring (bicyclic) bond motifs is 1. The zero-order chi connectivity index (χ0) is 23.6. The Kier molecular flexibility index (Phi) is 6.36. The van der Waals surface area contributed by atoms with Crippen molar-refractivity contribution >= 4 is 45.8 Å². The van der Waals surface area contributed by atoms with Crippen molar-refractivity contribution in [3.05, 3.63) is 53.1 Å². The van der Waals surface area contributed by atoms with Gasteiger partial charge in [0.1, 0.15) is 12.1 Å². The molecule has 1 amide bonds. The summed E-state index contributed by atoms with van der Waals surface area (Å²) >= 11 is 5.90. The van der Waals surface area contributed by atoms with Gasteiger partial charge in [-0.15, -0.1) is 0 Å². The number of methoxy groups -OCH3 is 1. The lowest BCUT2D eigenvalue weighted by Crippen LogP contribution is -2.20. The molecule has 0 aliphatic carbocycles. The van der Waals surface area contributed by atoms with Gasteiger partial charge in [0.15, 0.2) is 5.82 Å². The molecule has 0 bridgehead atoms. The Bertz CT molecular complexity index is 1290. The van der Waals surface area contributed by atoms with Gasteiger partial charge in [-0.2, -0.15) is 0 Å². The molecule has 9 heteroatoms. The number of aromatic nitrogens is 2. The first-order valence-electron chi connectivity index (χ1n) is 10.3. The van der Waals surface area contributed by atoms with Crippen molar-refractivity contribution in [2.45, 2.75) is 13.3 Å². The predicted octanol–water partition coefficient (Wildman–Crippen LogP) is 5.04. The summed E-state index contributed by atoms with van der Waals surface area (Å²) in [6, 6.07) is 8.13. The van der Waals surface area contributed by atoms with E-state index in [2.05, 4.69) is 51.3 Å². The van der Waals surface area contributed by atoms with E-state index in [0.29, 0.717) is 28.0 Å². The number of carbonyl (C=O) groups is 1. The Morgan fingerprint density at radius 2 is 2.12 bits per heavy atom. The molecule has 1 aliphatic rings. The highest BCUT2D eigenvalue weighted by atomic mass is 35.5. The summed E-state index contributed by atoms with van der Waals surface area (Å²) in [5.74, 6) is 6.35. The van der Waals surface area contributed by atoms with Gasteiger partial charge in [-0.1, -0.05) is 29.5 Å². The van der Waals surface area contributed by atoms with Crippen LogP contribution in [0.25, 0.3) is 10.9 Å². The SMILES string of the molecule is COC(=O)Nc1cc2c(Nc3cccc(Cl)c3F)ncnc2cc1C#CC1(C)CCN(C)C1. The highest BCUT2D eigenvalue weighted by molar-refractivity contribution is 6.31. The van der Waals surface area contributed by atoms with Gasteiger partial charge in [-0.25, -0.2) is 19.2 Å². The topological polar surface area (TPSA) is 79.4 Å². The van der Waals surface area contributed by atoms with Crippen LogP contribution >= 0.6 is 11.6 Å². The van der Waals surface area contributed by atoms with E-state index in [1.54, 1.807) is 24.3 Å². The minimum absolute atomic E-state index is 0.00461. The Labute approximate surface area is 196 Å². The smallest absolute Gasteiger partial charge is 0.411 e. The molecule has 1 atom stereocenters. The number of amides is 1. The van der Waals surface area contributed by atoms with Crippen molar-refractivity contribution in [3.63, 3.8) is 0 Å². The molecule has 0 saturated carbocycles. The summed E-state index contributed by atoms with van der Waals surface area (Å²) in [5.41, 5.74) is 1.66. The van der Waals surface area contributed by atoms with Crippen molar-refractivity contribution in [1.82, 2.24) is 14.9 Å². The van der Waals surface area contributed by atoms with Gasteiger partial charge >= 0.3 is 6.09 Å². The standard InChI is InChI=1S/C24H23ClFN5O2/c1-24(9-10-31(2)13-24)8-7-15-11-20-16(12-19(15)30-23(32)33-3)22(28-14-27-20)29-18-6-4-5-17(25)21(18)26/h4-6,11-12,14H,9-10,13H2,1-3H3,(H,30,32)(H,27,28,29). The van der Waals surface area contributed by atoms with Crippen molar-refractivity contribution in [2.75, 3.05) is 37.9 Å². The third-order valence-electron chi connectivity index (χ3n) is 5.56. The van der Waals surface area contributed by atoms with Gasteiger partial charge in [-0.3, -0.25) is 5.32 Å². The van der Waals surface area contributed by atoms with Gasteiger partial charge in [0.2, 0.25) is 0 Å². The van der Waals surface area contributed by atoms with E-state index in [1.807, 2.05) is 0 Å². The number of likely N-dealkylation sites (tertiary alicyclic amines) is 1. The number of benzene rings is 2. The molecule has 1 unspecified atom stereocenters. The maximum absolute atomic E-state index is 14.4. The largest absolute Gasteiger partial charge is 0.453 e. The van der Waals surface area contributed by atoms with Crippen LogP contribution in [0.15, 0.2) is 36.7 Å². The fourth-order valence-corrected chi connectivity index (χ4v) is 3.98. The minimum atomic E-state index is -0.628. The van der Waals surface area contributed by atoms with Crippen molar-refractivity contribution in [3.8, 4) is 11.8 Å². The van der Waals surface area contributed by atoms with Crippen LogP contribution in [0.4, 0.5) is 26.4 Å². The molecule has 2 heterocycles. The Balaban J connectivity index is 1.79. The molecule has 7 nitrogen and oxygen atoms in total. The monoisotopic (exact) mass is 467 g/mol. The number of ether oxygens (including phenoxy) is 1. The fraction of sp³-hybridized carbons (Fsp3) is 0.292. The maximum atomic E-state index is 14.4. The van der Waals surface area contributed by atoms with Crippen molar-refractivity contribution < 1.29 is 13.9 Å². The van der Waals surface area contributed by atoms with Gasteiger partial charge in [0.25, 0.3) is 0 Å². The van der Waals surface area contributed by atoms with Gasteiger partial charge < -0.3 is 15.0 Å². The predicted molar refractivity (Wildman–Crippen MR) is 127 cm³/mol. The quantitative estimate of drug-likeness (QED) is 0.525. The second-order valence-electron chi connectivity index (χ2n) is 8.28. The molecule has 1 aliphatic heterocycles. The maximum Gasteiger partial charge on any atom is 0.411 e. The molecule has 2 N–H and O–H groups in total. The van der Waals surface area contributed by atoms with E-state index in [-0.39, 0.29) is 16.1 Å². The number of hydrogen-bond donors (Lipinski definition) is 2. The summed E-state index contributed by atoms with van der Waals surface area (Å²) in [7, 11) is 3.36. The lowest BCUT2D eigenvalue weighted by molar-refractivity contribution is 0.187. The number of nitrogens with zero attached hydrogens (tertiary/aromatic N) is 3. The number of rotatable bonds is 3. The summed E-state index contributed by atoms with van der Waals surface area (Å²) in [6.07, 6.45) is 1.72. The molecule has 1 aromatic heterocycles. The number of anilines is 3. The zero-order valence-corrected chi connectivity index (χ0v) is 19.3. The lowest BCUT2D eigenvalue weighted by Gasteiger charge is -2.16. The van der Waals surface area contributed by atoms with Crippen LogP contribution < -0.4 is 10.6 Å². The first-order valence-corrected chi connectivity index (χ1v) is 10.7. The summed E-state index contributed by atoms with van der Waals surface area (Å²) in [5, 5.41) is 6.24. The van der Waals surface area contributed by atoms with Crippen LogP contribution in [-0.2, 0) is 4.74 Å². The van der Waals surface area contributed by atoms with Crippen LogP contribution in [0.2, 0.25) is 5.02 Å². The number of halogens is 2. The van der Waals surface area contributed by atoms with Crippen LogP contribution in [0, 0.1) is 23.1 Å². The molecule has 1 fully saturated rings. The second-order valence-corrected chi connectivity index (χ2v) is 8.69. The van der Waals surface area contributed by atoms with Crippen molar-refractivity contribution in [1.29, 1.82) is 0 Å². The van der Waals surface area contributed by atoms with E-state index >= 15 is 0 Å². The van der Waals surface area contributed by atoms with E-state index in [4.69, 9.17) is 16.3 Å². The molecule has 4 rings (SSSR count). The Hall–Kier alpha value is -3.41. The van der Waals surface area contributed by atoms with Crippen LogP contribution in [-0.4, -0.2) is 48.2 Å². The molecule has 0 radical (unpaired) electrons. The Morgan fingerprint density at radius 3 is 2.85 bits per heavy atom. The molecule has 2 aromatic carbocycles. The summed E-state index contributed by atoms with van der Waals surface area (Å²) < 4.78 is 19.2. The molecule has 170 valence electrons. The van der Waals surface area contributed by atoms with Gasteiger partial charge in [0, 0.05) is 17.3 Å². The number of hydrogen-bond acceptors (Lipinski definition) is 6. The molecule has 33 heavy (non-hydrogen) atoms. The number of carbonyl (C=O) groups excluding carboxylic acids is 1. The van der Waals surface area contributed by atoms with E-state index < -0.39 is 11.9 Å². The Morgan fingerprint density at radius 1 is 1.30 bits per heavy atom. The van der Waals surface area contributed by atoms with Crippen molar-refractivity contribution in [2.24, 2.45) is 5.41 Å². The third kappa shape index (κ3) is 5.00. The number of nitrogens with one attached hydrogen (secondary N) is 2. The normalized spacial score (nSPS) is 18.0. The zero-order valence-electron chi connectivity index (χ0n) is 18.5. The van der Waals surface area contributed by atoms with E-state index in [0.717, 1.165) is 19.5 Å². The second kappa shape index (κ2) is 9.22. The van der Waals surface area contributed by atoms with Crippen LogP contribution in [0.3, 0.4) is 0 Å². The van der Waals surface area contributed by atoms with Crippen LogP contribution in [0.5, 0.6) is 0 Å². The lowest BCUT2D eigenvalue weighted by atomic mass is 9.90. The average molecular weight is 468 g/mol. The fourth-order valence-electron chi connectivity index (χ4n) is 3.81. The molecule has 0 spiro atoms. The molecule has 1 saturated heterocycles. The minimum Gasteiger partial charge on any atom is -0.453 e. The van der Waals surface area contributed by atoms with E-state index in [1.165, 1.54) is 19.5 Å². The highest BCUT2D eigenvalue weighted by Gasteiger charge is 2.30. The van der Waals surface area contributed by atoms with Gasteiger partial charge in [-0.05, 0) is 51.2 Å². The average Bonchev–Trinajstić information content (AvgIpc) is 3.14. The van der Waals surface area contributed by atoms with Crippen LogP contribution in [0.1, 0.15) is 18.9 Å². The first-order chi connectivity index (χ1) is 15.8. The third-order valence-corrected chi connectivity index (χ3v) is 5.86. The first kappa shape index (κ1) is 22.8. The summed E-state index contributed by atoms with van der Waals surface area (Å²) in [4.78, 5) is 22.8. The molecular weight excluding hydrogens is 445 g/mol.